The topological polar surface area (TPSA) is 76.1 Å². The van der Waals surface area contributed by atoms with Gasteiger partial charge in [-0.2, -0.15) is 0 Å². The van der Waals surface area contributed by atoms with Crippen molar-refractivity contribution in [1.82, 2.24) is 4.98 Å². The summed E-state index contributed by atoms with van der Waals surface area (Å²) in [5.74, 6) is 0.748. The van der Waals surface area contributed by atoms with Gasteiger partial charge in [-0.3, -0.25) is 9.78 Å². The lowest BCUT2D eigenvalue weighted by molar-refractivity contribution is -0.220. The lowest BCUT2D eigenvalue weighted by Gasteiger charge is -2.46. The van der Waals surface area contributed by atoms with E-state index in [1.807, 2.05) is 84.9 Å². The van der Waals surface area contributed by atoms with Gasteiger partial charge < -0.3 is 23.7 Å². The molecule has 2 fully saturated rings. The van der Waals surface area contributed by atoms with Gasteiger partial charge in [0.1, 0.15) is 24.1 Å². The Morgan fingerprint density at radius 2 is 1.07 bits per heavy atom. The number of rotatable bonds is 18. The van der Waals surface area contributed by atoms with E-state index in [1.54, 1.807) is 18.5 Å². The zero-order valence-electron chi connectivity index (χ0n) is 32.1. The molecule has 0 N–H and O–H groups in total. The maximum absolute atomic E-state index is 14.1. The van der Waals surface area contributed by atoms with Gasteiger partial charge in [0.2, 0.25) is 0 Å². The molecule has 2 aliphatic rings. The molecule has 0 amide bonds. The zero-order valence-corrected chi connectivity index (χ0v) is 32.1. The summed E-state index contributed by atoms with van der Waals surface area (Å²) in [6, 6.07) is 50.4. The zero-order chi connectivity index (χ0) is 38.7. The molecule has 1 heterocycles. The molecule has 2 aliphatic carbocycles. The monoisotopic (exact) mass is 759 g/mol. The third-order valence-electron chi connectivity index (χ3n) is 10.8. The highest BCUT2D eigenvalue weighted by molar-refractivity contribution is 6.10. The van der Waals surface area contributed by atoms with Gasteiger partial charge in [0.25, 0.3) is 0 Å². The summed E-state index contributed by atoms with van der Waals surface area (Å²) in [6.45, 7) is 1.93. The van der Waals surface area contributed by atoms with E-state index in [0.29, 0.717) is 62.2 Å². The summed E-state index contributed by atoms with van der Waals surface area (Å²) in [4.78, 5) is 18.6. The first kappa shape index (κ1) is 38.4. The SMILES string of the molecule is O=C(c1ccc(C2CC2)cc1)c1ccncc1O[C@@H]1C[C@H](COCc2ccccc2)[C@@H](OCc2ccccc2)[C@H](OCc2ccccc2)[C@H]1OCc1ccccc1. The molecule has 5 atom stereocenters. The van der Waals surface area contributed by atoms with E-state index >= 15 is 0 Å². The van der Waals surface area contributed by atoms with Crippen LogP contribution in [0.1, 0.15) is 68.9 Å². The molecular weight excluding hydrogens is 711 g/mol. The second-order valence-electron chi connectivity index (χ2n) is 15.0. The van der Waals surface area contributed by atoms with Crippen molar-refractivity contribution in [3.05, 3.63) is 203 Å². The van der Waals surface area contributed by atoms with Crippen LogP contribution in [0.3, 0.4) is 0 Å². The van der Waals surface area contributed by atoms with E-state index < -0.39 is 24.4 Å². The highest BCUT2D eigenvalue weighted by Gasteiger charge is 2.49. The fraction of sp³-hybridized carbons (Fsp3) is 0.280. The van der Waals surface area contributed by atoms with Crippen LogP contribution < -0.4 is 4.74 Å². The minimum atomic E-state index is -0.582. The molecule has 0 aliphatic heterocycles. The molecule has 0 bridgehead atoms. The lowest BCUT2D eigenvalue weighted by Crippen LogP contribution is -2.59. The largest absolute Gasteiger partial charge is 0.485 e. The van der Waals surface area contributed by atoms with E-state index in [2.05, 4.69) is 65.6 Å². The molecule has 290 valence electrons. The molecule has 2 saturated carbocycles. The Morgan fingerprint density at radius 1 is 0.561 bits per heavy atom. The number of aromatic nitrogens is 1. The van der Waals surface area contributed by atoms with Crippen LogP contribution in [0.5, 0.6) is 5.75 Å². The van der Waals surface area contributed by atoms with Crippen molar-refractivity contribution in [1.29, 1.82) is 0 Å². The van der Waals surface area contributed by atoms with Crippen molar-refractivity contribution in [3.8, 4) is 5.75 Å². The predicted molar refractivity (Wildman–Crippen MR) is 220 cm³/mol. The quantitative estimate of drug-likeness (QED) is 0.0808. The molecule has 7 nitrogen and oxygen atoms in total. The molecule has 6 aromatic rings. The second-order valence-corrected chi connectivity index (χ2v) is 15.0. The fourth-order valence-corrected chi connectivity index (χ4v) is 7.64. The Bertz CT molecular complexity index is 2130. The van der Waals surface area contributed by atoms with Gasteiger partial charge in [0.05, 0.1) is 50.9 Å². The number of nitrogens with zero attached hydrogens (tertiary/aromatic N) is 1. The molecule has 0 saturated heterocycles. The predicted octanol–water partition coefficient (Wildman–Crippen LogP) is 9.93. The van der Waals surface area contributed by atoms with E-state index in [1.165, 1.54) is 18.4 Å². The number of ketones is 1. The van der Waals surface area contributed by atoms with Crippen LogP contribution in [0.2, 0.25) is 0 Å². The van der Waals surface area contributed by atoms with E-state index in [-0.39, 0.29) is 11.7 Å². The normalized spacial score (nSPS) is 20.5. The van der Waals surface area contributed by atoms with Crippen molar-refractivity contribution < 1.29 is 28.5 Å². The van der Waals surface area contributed by atoms with Crippen LogP contribution in [0, 0.1) is 5.92 Å². The van der Waals surface area contributed by atoms with Gasteiger partial charge in [0, 0.05) is 17.7 Å². The van der Waals surface area contributed by atoms with Gasteiger partial charge >= 0.3 is 0 Å². The smallest absolute Gasteiger partial charge is 0.196 e. The molecule has 5 aromatic carbocycles. The van der Waals surface area contributed by atoms with Gasteiger partial charge in [-0.25, -0.2) is 0 Å². The van der Waals surface area contributed by atoms with Gasteiger partial charge in [-0.1, -0.05) is 146 Å². The third kappa shape index (κ3) is 10.3. The third-order valence-corrected chi connectivity index (χ3v) is 10.8. The number of hydrogen-bond donors (Lipinski definition) is 0. The summed E-state index contributed by atoms with van der Waals surface area (Å²) >= 11 is 0. The first-order valence-corrected chi connectivity index (χ1v) is 20.0. The average molecular weight is 760 g/mol. The highest BCUT2D eigenvalue weighted by Crippen LogP contribution is 2.40. The van der Waals surface area contributed by atoms with Crippen molar-refractivity contribution in [3.63, 3.8) is 0 Å². The van der Waals surface area contributed by atoms with E-state index in [4.69, 9.17) is 23.7 Å². The van der Waals surface area contributed by atoms with E-state index in [0.717, 1.165) is 22.3 Å². The average Bonchev–Trinajstić information content (AvgIpc) is 4.13. The Hall–Kier alpha value is -5.44. The number of carbonyl (C=O) groups is 1. The van der Waals surface area contributed by atoms with Crippen molar-refractivity contribution in [2.75, 3.05) is 6.61 Å². The van der Waals surface area contributed by atoms with Crippen molar-refractivity contribution in [2.45, 2.75) is 76.0 Å². The van der Waals surface area contributed by atoms with E-state index in [9.17, 15) is 4.79 Å². The number of carbonyl (C=O) groups excluding carboxylic acids is 1. The first-order chi connectivity index (χ1) is 28.2. The summed E-state index contributed by atoms with van der Waals surface area (Å²) in [6.07, 6.45) is 4.12. The Morgan fingerprint density at radius 3 is 1.61 bits per heavy atom. The Labute approximate surface area is 335 Å². The Balaban J connectivity index is 1.13. The maximum atomic E-state index is 14.1. The standard InChI is InChI=1S/C50H49NO6/c52-47(42-25-23-41(24-26-42)40-21-22-40)44-27-28-51-30-46(44)57-45-29-43(35-53-31-36-13-5-1-6-14-36)48(54-32-37-15-7-2-8-16-37)50(56-34-39-19-11-4-12-20-39)49(45)55-33-38-17-9-3-10-18-38/h1-20,23-28,30,40,43,45,48-50H,21-22,29,31-35H2/t43-,45-,48-,49+,50+/m1/s1. The van der Waals surface area contributed by atoms with Crippen LogP contribution in [0.25, 0.3) is 0 Å². The van der Waals surface area contributed by atoms with Crippen LogP contribution in [0.15, 0.2) is 164 Å². The summed E-state index contributed by atoms with van der Waals surface area (Å²) in [7, 11) is 0. The van der Waals surface area contributed by atoms with Crippen LogP contribution >= 0.6 is 0 Å². The van der Waals surface area contributed by atoms with Crippen LogP contribution in [-0.2, 0) is 45.4 Å². The van der Waals surface area contributed by atoms with Gasteiger partial charge in [-0.15, -0.1) is 0 Å². The maximum Gasteiger partial charge on any atom is 0.196 e. The summed E-state index contributed by atoms with van der Waals surface area (Å²) in [5, 5.41) is 0. The molecule has 7 heteroatoms. The second kappa shape index (κ2) is 19.1. The molecule has 0 unspecified atom stereocenters. The molecule has 8 rings (SSSR count). The fourth-order valence-electron chi connectivity index (χ4n) is 7.64. The molecule has 0 spiro atoms. The highest BCUT2D eigenvalue weighted by atomic mass is 16.6. The van der Waals surface area contributed by atoms with Gasteiger partial charge in [0.15, 0.2) is 5.78 Å². The number of ether oxygens (including phenoxy) is 5. The minimum absolute atomic E-state index is 0.115. The first-order valence-electron chi connectivity index (χ1n) is 20.0. The van der Waals surface area contributed by atoms with Crippen molar-refractivity contribution in [2.24, 2.45) is 5.92 Å². The number of hydrogen-bond acceptors (Lipinski definition) is 7. The number of pyridine rings is 1. The van der Waals surface area contributed by atoms with Crippen LogP contribution in [0.4, 0.5) is 0 Å². The minimum Gasteiger partial charge on any atom is -0.485 e. The summed E-state index contributed by atoms with van der Waals surface area (Å²) < 4.78 is 34.2. The summed E-state index contributed by atoms with van der Waals surface area (Å²) in [5.41, 5.74) is 6.56. The Kier molecular flexibility index (Phi) is 12.9. The van der Waals surface area contributed by atoms with Crippen molar-refractivity contribution >= 4 is 5.78 Å². The van der Waals surface area contributed by atoms with Crippen LogP contribution in [-0.4, -0.2) is 41.8 Å². The molecule has 57 heavy (non-hydrogen) atoms. The molecule has 0 radical (unpaired) electrons. The number of benzene rings is 5. The van der Waals surface area contributed by atoms with Gasteiger partial charge in [-0.05, 0) is 59.1 Å². The molecule has 1 aromatic heterocycles. The lowest BCUT2D eigenvalue weighted by atomic mass is 9.80. The molecular formula is C50H49NO6.